The Hall–Kier alpha value is -1.35. The van der Waals surface area contributed by atoms with Gasteiger partial charge in [0.15, 0.2) is 0 Å². The van der Waals surface area contributed by atoms with Gasteiger partial charge in [0, 0.05) is 0 Å². The highest BCUT2D eigenvalue weighted by Gasteiger charge is 2.43. The molecule has 1 aromatic carbocycles. The fourth-order valence-corrected chi connectivity index (χ4v) is 3.88. The van der Waals surface area contributed by atoms with Crippen molar-refractivity contribution < 1.29 is 14.6 Å². The summed E-state index contributed by atoms with van der Waals surface area (Å²) in [7, 11) is 0. The van der Waals surface area contributed by atoms with Gasteiger partial charge in [-0.1, -0.05) is 30.7 Å². The number of rotatable bonds is 6. The lowest BCUT2D eigenvalue weighted by molar-refractivity contribution is -0.145. The first kappa shape index (κ1) is 16.5. The van der Waals surface area contributed by atoms with Crippen LogP contribution in [0, 0.1) is 11.8 Å². The summed E-state index contributed by atoms with van der Waals surface area (Å²) in [6.45, 7) is 2.35. The van der Waals surface area contributed by atoms with Gasteiger partial charge in [0.2, 0.25) is 0 Å². The fourth-order valence-electron chi connectivity index (χ4n) is 3.88. The average molecular weight is 316 g/mol. The number of hydrogen-bond acceptors (Lipinski definition) is 3. The first-order valence-electron chi connectivity index (χ1n) is 9.11. The molecule has 2 aliphatic rings. The molecule has 0 spiro atoms. The minimum absolute atomic E-state index is 0.0105. The summed E-state index contributed by atoms with van der Waals surface area (Å²) in [5, 5.41) is 9.82. The van der Waals surface area contributed by atoms with Gasteiger partial charge in [0.1, 0.15) is 0 Å². The molecule has 0 saturated heterocycles. The van der Waals surface area contributed by atoms with Crippen molar-refractivity contribution in [3.05, 3.63) is 35.4 Å². The van der Waals surface area contributed by atoms with Crippen molar-refractivity contribution in [2.24, 2.45) is 11.8 Å². The second-order valence-electron chi connectivity index (χ2n) is 7.15. The molecular weight excluding hydrogens is 288 g/mol. The molecule has 0 aromatic heterocycles. The van der Waals surface area contributed by atoms with E-state index in [1.165, 1.54) is 17.5 Å². The van der Waals surface area contributed by atoms with Crippen LogP contribution in [0.5, 0.6) is 0 Å². The topological polar surface area (TPSA) is 46.5 Å². The number of esters is 1. The number of aryl methyl sites for hydroxylation is 1. The van der Waals surface area contributed by atoms with Gasteiger partial charge in [-0.25, -0.2) is 0 Å². The van der Waals surface area contributed by atoms with Crippen molar-refractivity contribution in [2.75, 3.05) is 6.61 Å². The Morgan fingerprint density at radius 1 is 1.22 bits per heavy atom. The molecule has 4 atom stereocenters. The standard InChI is InChI=1S/C20H28O3/c1-2-23-20(22)19-13-17(19)11-8-14-6-9-15(10-7-14)16-4-3-5-18(21)12-16/h6-7,9-10,16-19,21H,2-5,8,11-13H2,1H3/t16-,17?,18+,19-/m1/s1. The molecule has 0 aliphatic heterocycles. The van der Waals surface area contributed by atoms with Crippen LogP contribution in [0.1, 0.15) is 62.5 Å². The molecule has 3 heteroatoms. The Labute approximate surface area is 139 Å². The maximum Gasteiger partial charge on any atom is 0.309 e. The third kappa shape index (κ3) is 4.35. The molecule has 2 aliphatic carbocycles. The molecule has 0 bridgehead atoms. The molecule has 23 heavy (non-hydrogen) atoms. The summed E-state index contributed by atoms with van der Waals surface area (Å²) in [5.74, 6) is 1.17. The molecule has 0 radical (unpaired) electrons. The lowest BCUT2D eigenvalue weighted by Gasteiger charge is -2.26. The Morgan fingerprint density at radius 2 is 2.00 bits per heavy atom. The van der Waals surface area contributed by atoms with Gasteiger partial charge in [-0.3, -0.25) is 4.79 Å². The largest absolute Gasteiger partial charge is 0.466 e. The van der Waals surface area contributed by atoms with Gasteiger partial charge in [-0.05, 0) is 68.4 Å². The zero-order valence-corrected chi connectivity index (χ0v) is 14.0. The summed E-state index contributed by atoms with van der Waals surface area (Å²) in [6.07, 6.45) is 7.17. The Balaban J connectivity index is 1.46. The second kappa shape index (κ2) is 7.48. The highest BCUT2D eigenvalue weighted by molar-refractivity contribution is 5.75. The number of hydrogen-bond donors (Lipinski definition) is 1. The van der Waals surface area contributed by atoms with Crippen LogP contribution in [0.4, 0.5) is 0 Å². The van der Waals surface area contributed by atoms with Crippen LogP contribution in [-0.4, -0.2) is 23.8 Å². The lowest BCUT2D eigenvalue weighted by atomic mass is 9.82. The Kier molecular flexibility index (Phi) is 5.37. The second-order valence-corrected chi connectivity index (χ2v) is 7.15. The number of ether oxygens (including phenoxy) is 1. The van der Waals surface area contributed by atoms with E-state index in [2.05, 4.69) is 24.3 Å². The molecule has 0 amide bonds. The monoisotopic (exact) mass is 316 g/mol. The van der Waals surface area contributed by atoms with Gasteiger partial charge < -0.3 is 9.84 Å². The van der Waals surface area contributed by atoms with Gasteiger partial charge in [-0.2, -0.15) is 0 Å². The average Bonchev–Trinajstić information content (AvgIpc) is 3.33. The smallest absolute Gasteiger partial charge is 0.309 e. The van der Waals surface area contributed by atoms with Crippen LogP contribution in [0.2, 0.25) is 0 Å². The van der Waals surface area contributed by atoms with Gasteiger partial charge >= 0.3 is 5.97 Å². The van der Waals surface area contributed by atoms with E-state index in [1.807, 2.05) is 6.92 Å². The minimum atomic E-state index is -0.122. The number of benzene rings is 1. The van der Waals surface area contributed by atoms with Crippen LogP contribution >= 0.6 is 0 Å². The molecule has 3 rings (SSSR count). The van der Waals surface area contributed by atoms with E-state index < -0.39 is 0 Å². The van der Waals surface area contributed by atoms with Gasteiger partial charge in [0.25, 0.3) is 0 Å². The van der Waals surface area contributed by atoms with Crippen molar-refractivity contribution in [2.45, 2.75) is 63.9 Å². The molecular formula is C20H28O3. The van der Waals surface area contributed by atoms with Crippen molar-refractivity contribution in [1.82, 2.24) is 0 Å². The molecule has 1 aromatic rings. The predicted octanol–water partition coefficient (Wildman–Crippen LogP) is 3.84. The van der Waals surface area contributed by atoms with Gasteiger partial charge in [0.05, 0.1) is 18.6 Å². The maximum absolute atomic E-state index is 11.6. The molecule has 3 nitrogen and oxygen atoms in total. The summed E-state index contributed by atoms with van der Waals surface area (Å²) in [4.78, 5) is 11.6. The molecule has 0 heterocycles. The minimum Gasteiger partial charge on any atom is -0.466 e. The van der Waals surface area contributed by atoms with E-state index in [0.29, 0.717) is 18.4 Å². The van der Waals surface area contributed by atoms with Crippen molar-refractivity contribution in [3.8, 4) is 0 Å². The first-order chi connectivity index (χ1) is 11.2. The molecule has 1 unspecified atom stereocenters. The van der Waals surface area contributed by atoms with Gasteiger partial charge in [-0.15, -0.1) is 0 Å². The maximum atomic E-state index is 11.6. The number of aliphatic hydroxyl groups is 1. The summed E-state index contributed by atoms with van der Waals surface area (Å²) < 4.78 is 5.08. The number of carbonyl (C=O) groups excluding carboxylic acids is 1. The Bertz CT molecular complexity index is 522. The molecule has 1 N–H and O–H groups in total. The van der Waals surface area contributed by atoms with E-state index in [-0.39, 0.29) is 18.0 Å². The number of carbonyl (C=O) groups is 1. The van der Waals surface area contributed by atoms with Crippen molar-refractivity contribution in [1.29, 1.82) is 0 Å². The van der Waals surface area contributed by atoms with E-state index in [9.17, 15) is 9.90 Å². The van der Waals surface area contributed by atoms with Crippen LogP contribution < -0.4 is 0 Å². The molecule has 126 valence electrons. The normalized spacial score (nSPS) is 30.0. The van der Waals surface area contributed by atoms with Crippen molar-refractivity contribution in [3.63, 3.8) is 0 Å². The highest BCUT2D eigenvalue weighted by atomic mass is 16.5. The third-order valence-electron chi connectivity index (χ3n) is 5.41. The van der Waals surface area contributed by atoms with Crippen molar-refractivity contribution >= 4 is 5.97 Å². The number of aliphatic hydroxyl groups excluding tert-OH is 1. The Morgan fingerprint density at radius 3 is 2.70 bits per heavy atom. The zero-order chi connectivity index (χ0) is 16.2. The zero-order valence-electron chi connectivity index (χ0n) is 14.0. The summed E-state index contributed by atoms with van der Waals surface area (Å²) >= 11 is 0. The molecule has 2 fully saturated rings. The lowest BCUT2D eigenvalue weighted by Crippen LogP contribution is -2.18. The summed E-state index contributed by atoms with van der Waals surface area (Å²) in [6, 6.07) is 8.90. The van der Waals surface area contributed by atoms with E-state index in [4.69, 9.17) is 4.74 Å². The quantitative estimate of drug-likeness (QED) is 0.811. The van der Waals surface area contributed by atoms with E-state index in [1.54, 1.807) is 0 Å². The van der Waals surface area contributed by atoms with Crippen LogP contribution in [0.25, 0.3) is 0 Å². The van der Waals surface area contributed by atoms with Crippen LogP contribution in [-0.2, 0) is 16.0 Å². The third-order valence-corrected chi connectivity index (χ3v) is 5.41. The van der Waals surface area contributed by atoms with E-state index >= 15 is 0 Å². The molecule has 2 saturated carbocycles. The summed E-state index contributed by atoms with van der Waals surface area (Å²) in [5.41, 5.74) is 2.71. The SMILES string of the molecule is CCOC(=O)[C@@H]1CC1CCc1ccc([C@@H]2CCC[C@H](O)C2)cc1. The van der Waals surface area contributed by atoms with E-state index in [0.717, 1.165) is 38.5 Å². The van der Waals surface area contributed by atoms with Crippen LogP contribution in [0.3, 0.4) is 0 Å². The first-order valence-corrected chi connectivity index (χ1v) is 9.11. The fraction of sp³-hybridized carbons (Fsp3) is 0.650. The van der Waals surface area contributed by atoms with Crippen LogP contribution in [0.15, 0.2) is 24.3 Å². The predicted molar refractivity (Wildman–Crippen MR) is 90.2 cm³/mol. The highest BCUT2D eigenvalue weighted by Crippen LogP contribution is 2.43.